The van der Waals surface area contributed by atoms with Crippen LogP contribution in [0.15, 0.2) is 22.9 Å². The highest BCUT2D eigenvalue weighted by Gasteiger charge is 2.33. The maximum atomic E-state index is 15.4. The van der Waals surface area contributed by atoms with Crippen LogP contribution in [0, 0.1) is 38.6 Å². The largest absolute Gasteiger partial charge is 0.364 e. The molecule has 228 valence electrons. The summed E-state index contributed by atoms with van der Waals surface area (Å²) in [6.07, 6.45) is 4.80. The summed E-state index contributed by atoms with van der Waals surface area (Å²) in [5, 5.41) is 13.9. The Labute approximate surface area is 247 Å². The fourth-order valence-corrected chi connectivity index (χ4v) is 6.14. The smallest absolute Gasteiger partial charge is 0.257 e. The molecule has 2 N–H and O–H groups in total. The number of halogens is 1. The number of hydrogen-bond donors (Lipinski definition) is 2. The van der Waals surface area contributed by atoms with Crippen LogP contribution in [-0.4, -0.2) is 52.5 Å². The van der Waals surface area contributed by atoms with Crippen molar-refractivity contribution in [2.24, 2.45) is 11.8 Å². The number of pyridine rings is 1. The number of anilines is 1. The number of ether oxygens (including phenoxy) is 1. The van der Waals surface area contributed by atoms with Crippen LogP contribution in [0.5, 0.6) is 0 Å². The minimum absolute atomic E-state index is 0.0569. The van der Waals surface area contributed by atoms with Gasteiger partial charge < -0.3 is 19.9 Å². The SMILES string of the molecule is Cc1nocc1C(=O)N[C@H](C(=O)Nc1ccc(-c2c(C)nn(COCC[Si](C)(C)C)c2C)c(F)n1)C1CCC(C)CC1. The van der Waals surface area contributed by atoms with Gasteiger partial charge in [-0.2, -0.15) is 9.49 Å². The Balaban J connectivity index is 1.49. The van der Waals surface area contributed by atoms with Crippen LogP contribution in [0.4, 0.5) is 10.2 Å². The van der Waals surface area contributed by atoms with Crippen molar-refractivity contribution >= 4 is 25.7 Å². The highest BCUT2D eigenvalue weighted by atomic mass is 28.3. The van der Waals surface area contributed by atoms with Gasteiger partial charge in [0.1, 0.15) is 30.4 Å². The van der Waals surface area contributed by atoms with Crippen LogP contribution >= 0.6 is 0 Å². The van der Waals surface area contributed by atoms with Crippen molar-refractivity contribution in [3.63, 3.8) is 0 Å². The third-order valence-electron chi connectivity index (χ3n) is 8.06. The highest BCUT2D eigenvalue weighted by Crippen LogP contribution is 2.32. The number of amides is 2. The molecular formula is C30H43FN6O4Si. The Bertz CT molecular complexity index is 1410. The first kappa shape index (κ1) is 31.6. The molecule has 1 aliphatic rings. The van der Waals surface area contributed by atoms with Gasteiger partial charge in [0.15, 0.2) is 0 Å². The lowest BCUT2D eigenvalue weighted by Gasteiger charge is -2.32. The third-order valence-corrected chi connectivity index (χ3v) is 9.76. The Morgan fingerprint density at radius 1 is 1.14 bits per heavy atom. The molecule has 1 saturated carbocycles. The van der Waals surface area contributed by atoms with Crippen LogP contribution in [0.2, 0.25) is 25.7 Å². The number of hydrogen-bond acceptors (Lipinski definition) is 7. The molecule has 4 rings (SSSR count). The van der Waals surface area contributed by atoms with E-state index >= 15 is 4.39 Å². The molecule has 3 heterocycles. The van der Waals surface area contributed by atoms with Gasteiger partial charge in [-0.25, -0.2) is 9.67 Å². The van der Waals surface area contributed by atoms with E-state index in [1.807, 2.05) is 13.8 Å². The highest BCUT2D eigenvalue weighted by molar-refractivity contribution is 6.76. The van der Waals surface area contributed by atoms with Gasteiger partial charge in [0.2, 0.25) is 11.9 Å². The molecule has 12 heteroatoms. The van der Waals surface area contributed by atoms with Crippen molar-refractivity contribution < 1.29 is 23.2 Å². The average molecular weight is 599 g/mol. The fraction of sp³-hybridized carbons (Fsp3) is 0.567. The zero-order valence-corrected chi connectivity index (χ0v) is 26.7. The second-order valence-corrected chi connectivity index (χ2v) is 18.3. The van der Waals surface area contributed by atoms with E-state index < -0.39 is 31.9 Å². The predicted molar refractivity (Wildman–Crippen MR) is 161 cm³/mol. The number of carbonyl (C=O) groups excluding carboxylic acids is 2. The topological polar surface area (TPSA) is 124 Å². The standard InChI is InChI=1S/C30H43FN6O4Si/c1-18-8-10-22(11-9-18)27(34-29(38)24-16-41-36-19(24)2)30(39)33-25-13-12-23(28(31)32-25)26-20(3)35-37(21(26)4)17-40-14-15-42(5,6)7/h12-13,16,18,22,27H,8-11,14-15,17H2,1-7H3,(H,34,38)(H,32,33,39)/t18?,22?,27-/m0/s1. The Morgan fingerprint density at radius 2 is 1.86 bits per heavy atom. The number of aryl methyl sites for hydroxylation is 2. The first-order valence-corrected chi connectivity index (χ1v) is 18.4. The van der Waals surface area contributed by atoms with Gasteiger partial charge in [-0.05, 0) is 63.6 Å². The van der Waals surface area contributed by atoms with E-state index in [1.54, 1.807) is 23.7 Å². The number of nitrogens with one attached hydrogen (secondary N) is 2. The molecule has 42 heavy (non-hydrogen) atoms. The van der Waals surface area contributed by atoms with Gasteiger partial charge in [-0.3, -0.25) is 9.59 Å². The molecule has 0 aliphatic heterocycles. The van der Waals surface area contributed by atoms with Crippen molar-refractivity contribution in [2.75, 3.05) is 11.9 Å². The molecular weight excluding hydrogens is 555 g/mol. The molecule has 0 saturated heterocycles. The monoisotopic (exact) mass is 598 g/mol. The van der Waals surface area contributed by atoms with Crippen LogP contribution in [0.3, 0.4) is 0 Å². The van der Waals surface area contributed by atoms with Gasteiger partial charge in [0.25, 0.3) is 5.91 Å². The molecule has 3 aromatic heterocycles. The van der Waals surface area contributed by atoms with E-state index in [4.69, 9.17) is 9.26 Å². The fourth-order valence-electron chi connectivity index (χ4n) is 5.38. The van der Waals surface area contributed by atoms with Crippen LogP contribution < -0.4 is 10.6 Å². The van der Waals surface area contributed by atoms with Crippen molar-refractivity contribution in [3.8, 4) is 11.1 Å². The zero-order valence-electron chi connectivity index (χ0n) is 25.7. The molecule has 0 bridgehead atoms. The molecule has 0 radical (unpaired) electrons. The Kier molecular flexibility index (Phi) is 9.98. The first-order valence-electron chi connectivity index (χ1n) is 14.7. The summed E-state index contributed by atoms with van der Waals surface area (Å²) >= 11 is 0. The van der Waals surface area contributed by atoms with Crippen molar-refractivity contribution in [1.82, 2.24) is 25.2 Å². The summed E-state index contributed by atoms with van der Waals surface area (Å²) in [6.45, 7) is 15.4. The lowest BCUT2D eigenvalue weighted by atomic mass is 9.79. The molecule has 1 atom stereocenters. The second kappa shape index (κ2) is 13.3. The summed E-state index contributed by atoms with van der Waals surface area (Å²) in [5.41, 5.74) is 3.10. The molecule has 0 aromatic carbocycles. The van der Waals surface area contributed by atoms with Crippen LogP contribution in [0.1, 0.15) is 60.0 Å². The first-order chi connectivity index (χ1) is 19.8. The zero-order chi connectivity index (χ0) is 30.6. The third kappa shape index (κ3) is 7.71. The molecule has 3 aromatic rings. The van der Waals surface area contributed by atoms with Gasteiger partial charge in [0.05, 0.1) is 11.4 Å². The Morgan fingerprint density at radius 3 is 2.48 bits per heavy atom. The van der Waals surface area contributed by atoms with E-state index in [2.05, 4.69) is 52.4 Å². The van der Waals surface area contributed by atoms with Crippen molar-refractivity contribution in [1.29, 1.82) is 0 Å². The van der Waals surface area contributed by atoms with E-state index in [9.17, 15) is 9.59 Å². The normalized spacial score (nSPS) is 18.1. The summed E-state index contributed by atoms with van der Waals surface area (Å²) in [4.78, 5) is 30.5. The van der Waals surface area contributed by atoms with Gasteiger partial charge in [0, 0.05) is 31.5 Å². The predicted octanol–water partition coefficient (Wildman–Crippen LogP) is 5.87. The molecule has 0 spiro atoms. The van der Waals surface area contributed by atoms with E-state index in [-0.39, 0.29) is 17.3 Å². The maximum Gasteiger partial charge on any atom is 0.257 e. The number of carbonyl (C=O) groups is 2. The second-order valence-electron chi connectivity index (χ2n) is 12.7. The average Bonchev–Trinajstić information content (AvgIpc) is 3.47. The van der Waals surface area contributed by atoms with Crippen LogP contribution in [0.25, 0.3) is 11.1 Å². The summed E-state index contributed by atoms with van der Waals surface area (Å²) in [6, 6.07) is 3.41. The summed E-state index contributed by atoms with van der Waals surface area (Å²) in [5.74, 6) is -1.01. The van der Waals surface area contributed by atoms with Gasteiger partial charge >= 0.3 is 0 Å². The van der Waals surface area contributed by atoms with E-state index in [0.717, 1.165) is 37.4 Å². The lowest BCUT2D eigenvalue weighted by molar-refractivity contribution is -0.119. The summed E-state index contributed by atoms with van der Waals surface area (Å²) < 4.78 is 27.9. The minimum Gasteiger partial charge on any atom is -0.364 e. The lowest BCUT2D eigenvalue weighted by Crippen LogP contribution is -2.49. The quantitative estimate of drug-likeness (QED) is 0.161. The minimum atomic E-state index is -1.20. The molecule has 2 amide bonds. The van der Waals surface area contributed by atoms with Crippen molar-refractivity contribution in [2.45, 2.75) is 91.8 Å². The van der Waals surface area contributed by atoms with E-state index in [1.165, 1.54) is 6.26 Å². The summed E-state index contributed by atoms with van der Waals surface area (Å²) in [7, 11) is -1.20. The van der Waals surface area contributed by atoms with Gasteiger partial charge in [-0.15, -0.1) is 0 Å². The Hall–Kier alpha value is -3.38. The molecule has 0 unspecified atom stereocenters. The molecule has 1 aliphatic carbocycles. The molecule has 1 fully saturated rings. The van der Waals surface area contributed by atoms with Crippen molar-refractivity contribution in [3.05, 3.63) is 47.0 Å². The van der Waals surface area contributed by atoms with Crippen LogP contribution in [-0.2, 0) is 16.3 Å². The van der Waals surface area contributed by atoms with E-state index in [0.29, 0.717) is 41.8 Å². The van der Waals surface area contributed by atoms with Gasteiger partial charge in [-0.1, -0.05) is 44.6 Å². The number of nitrogens with zero attached hydrogens (tertiary/aromatic N) is 4. The maximum absolute atomic E-state index is 15.4. The number of rotatable bonds is 11. The number of aromatic nitrogens is 4. The molecule has 10 nitrogen and oxygen atoms in total.